The lowest BCUT2D eigenvalue weighted by atomic mass is 10.2. The number of benzene rings is 1. The lowest BCUT2D eigenvalue weighted by Crippen LogP contribution is -2.46. The summed E-state index contributed by atoms with van der Waals surface area (Å²) < 4.78 is 0. The molecular formula is C17H27N5. The monoisotopic (exact) mass is 301 g/mol. The van der Waals surface area contributed by atoms with E-state index in [0.29, 0.717) is 12.5 Å². The Hall–Kier alpha value is -2.01. The van der Waals surface area contributed by atoms with Crippen LogP contribution in [0.25, 0.3) is 0 Å². The van der Waals surface area contributed by atoms with Gasteiger partial charge in [-0.05, 0) is 18.6 Å². The second-order valence-electron chi connectivity index (χ2n) is 5.45. The van der Waals surface area contributed by atoms with E-state index < -0.39 is 0 Å². The number of hydrogen-bond acceptors (Lipinski definition) is 3. The van der Waals surface area contributed by atoms with Crippen molar-refractivity contribution in [3.8, 4) is 0 Å². The van der Waals surface area contributed by atoms with E-state index in [0.717, 1.165) is 45.7 Å². The molecule has 1 aliphatic heterocycles. The largest absolute Gasteiger partial charge is 0.370 e. The summed E-state index contributed by atoms with van der Waals surface area (Å²) in [4.78, 5) is 9.26. The van der Waals surface area contributed by atoms with Crippen molar-refractivity contribution in [1.29, 1.82) is 0 Å². The van der Waals surface area contributed by atoms with Crippen LogP contribution in [-0.2, 0) is 0 Å². The van der Waals surface area contributed by atoms with Crippen LogP contribution in [0.3, 0.4) is 0 Å². The zero-order valence-electron chi connectivity index (χ0n) is 13.2. The van der Waals surface area contributed by atoms with E-state index in [4.69, 9.17) is 5.73 Å². The normalized spacial score (nSPS) is 16.5. The second kappa shape index (κ2) is 9.10. The van der Waals surface area contributed by atoms with Gasteiger partial charge in [0.1, 0.15) is 0 Å². The van der Waals surface area contributed by atoms with Crippen molar-refractivity contribution >= 4 is 11.6 Å². The smallest absolute Gasteiger partial charge is 0.188 e. The molecule has 0 unspecified atom stereocenters. The van der Waals surface area contributed by atoms with Gasteiger partial charge in [0.25, 0.3) is 0 Å². The Morgan fingerprint density at radius 1 is 1.23 bits per heavy atom. The topological polar surface area (TPSA) is 56.9 Å². The van der Waals surface area contributed by atoms with Gasteiger partial charge in [-0.15, -0.1) is 6.58 Å². The molecular weight excluding hydrogens is 274 g/mol. The molecule has 0 bridgehead atoms. The standard InChI is InChI=1S/C17H27N5/c1-2-9-19-17(18)20-10-6-11-21-12-14-22(15-13-21)16-7-4-3-5-8-16/h2-5,7-8H,1,6,9-15H2,(H3,18,19,20). The number of nitrogens with zero attached hydrogens (tertiary/aromatic N) is 3. The summed E-state index contributed by atoms with van der Waals surface area (Å²) in [6.45, 7) is 10.6. The molecule has 1 fully saturated rings. The maximum absolute atomic E-state index is 5.73. The lowest BCUT2D eigenvalue weighted by Gasteiger charge is -2.36. The third kappa shape index (κ3) is 5.41. The average molecular weight is 301 g/mol. The fourth-order valence-electron chi connectivity index (χ4n) is 2.59. The molecule has 0 aromatic heterocycles. The SMILES string of the molecule is C=CCNC(N)=NCCCN1CCN(c2ccccc2)CC1. The van der Waals surface area contributed by atoms with Crippen LogP contribution in [0.2, 0.25) is 0 Å². The van der Waals surface area contributed by atoms with Crippen molar-refractivity contribution in [2.45, 2.75) is 6.42 Å². The molecule has 1 saturated heterocycles. The molecule has 22 heavy (non-hydrogen) atoms. The molecule has 0 saturated carbocycles. The van der Waals surface area contributed by atoms with Gasteiger partial charge >= 0.3 is 0 Å². The summed E-state index contributed by atoms with van der Waals surface area (Å²) in [5.41, 5.74) is 7.06. The molecule has 1 heterocycles. The van der Waals surface area contributed by atoms with Crippen LogP contribution in [0.5, 0.6) is 0 Å². The van der Waals surface area contributed by atoms with E-state index in [1.807, 2.05) is 0 Å². The fraction of sp³-hybridized carbons (Fsp3) is 0.471. The van der Waals surface area contributed by atoms with Crippen molar-refractivity contribution in [2.75, 3.05) is 50.7 Å². The first-order chi connectivity index (χ1) is 10.8. The molecule has 0 spiro atoms. The summed E-state index contributed by atoms with van der Waals surface area (Å²) in [5, 5.41) is 2.98. The number of para-hydroxylation sites is 1. The van der Waals surface area contributed by atoms with Gasteiger partial charge in [-0.3, -0.25) is 9.89 Å². The Bertz CT molecular complexity index is 463. The van der Waals surface area contributed by atoms with Gasteiger partial charge in [-0.1, -0.05) is 24.3 Å². The first kappa shape index (κ1) is 16.4. The van der Waals surface area contributed by atoms with E-state index >= 15 is 0 Å². The minimum atomic E-state index is 0.508. The van der Waals surface area contributed by atoms with Gasteiger partial charge < -0.3 is 16.0 Å². The maximum atomic E-state index is 5.73. The van der Waals surface area contributed by atoms with Crippen molar-refractivity contribution < 1.29 is 0 Å². The number of rotatable bonds is 7. The fourth-order valence-corrected chi connectivity index (χ4v) is 2.59. The van der Waals surface area contributed by atoms with Gasteiger partial charge in [-0.25, -0.2) is 0 Å². The van der Waals surface area contributed by atoms with Gasteiger partial charge in [0.15, 0.2) is 5.96 Å². The molecule has 0 radical (unpaired) electrons. The van der Waals surface area contributed by atoms with Crippen LogP contribution in [0.4, 0.5) is 5.69 Å². The minimum absolute atomic E-state index is 0.508. The number of nitrogens with two attached hydrogens (primary N) is 1. The Kier molecular flexibility index (Phi) is 6.77. The highest BCUT2D eigenvalue weighted by molar-refractivity contribution is 5.77. The second-order valence-corrected chi connectivity index (χ2v) is 5.45. The summed E-state index contributed by atoms with van der Waals surface area (Å²) in [7, 11) is 0. The molecule has 0 atom stereocenters. The number of aliphatic imine (C=N–C) groups is 1. The Balaban J connectivity index is 1.63. The molecule has 0 amide bonds. The van der Waals surface area contributed by atoms with Gasteiger partial charge in [0, 0.05) is 51.5 Å². The van der Waals surface area contributed by atoms with Crippen molar-refractivity contribution in [3.63, 3.8) is 0 Å². The molecule has 3 N–H and O–H groups in total. The molecule has 1 aromatic carbocycles. The highest BCUT2D eigenvalue weighted by Gasteiger charge is 2.16. The zero-order chi connectivity index (χ0) is 15.6. The van der Waals surface area contributed by atoms with Crippen molar-refractivity contribution in [3.05, 3.63) is 43.0 Å². The van der Waals surface area contributed by atoms with E-state index in [-0.39, 0.29) is 0 Å². The summed E-state index contributed by atoms with van der Waals surface area (Å²) >= 11 is 0. The Morgan fingerprint density at radius 2 is 1.95 bits per heavy atom. The predicted octanol–water partition coefficient (Wildman–Crippen LogP) is 1.29. The van der Waals surface area contributed by atoms with Crippen LogP contribution in [0, 0.1) is 0 Å². The lowest BCUT2D eigenvalue weighted by molar-refractivity contribution is 0.256. The van der Waals surface area contributed by atoms with Crippen LogP contribution in [0.15, 0.2) is 48.0 Å². The summed E-state index contributed by atoms with van der Waals surface area (Å²) in [6.07, 6.45) is 2.82. The van der Waals surface area contributed by atoms with E-state index in [1.54, 1.807) is 6.08 Å². The zero-order valence-corrected chi connectivity index (χ0v) is 13.2. The molecule has 1 aliphatic rings. The predicted molar refractivity (Wildman–Crippen MR) is 94.4 cm³/mol. The highest BCUT2D eigenvalue weighted by Crippen LogP contribution is 2.15. The van der Waals surface area contributed by atoms with Gasteiger partial charge in [0.05, 0.1) is 0 Å². The summed E-state index contributed by atoms with van der Waals surface area (Å²) in [5.74, 6) is 0.508. The molecule has 5 nitrogen and oxygen atoms in total. The first-order valence-corrected chi connectivity index (χ1v) is 7.96. The number of nitrogens with one attached hydrogen (secondary N) is 1. The van der Waals surface area contributed by atoms with E-state index in [1.165, 1.54) is 5.69 Å². The number of piperazine rings is 1. The number of anilines is 1. The quantitative estimate of drug-likeness (QED) is 0.345. The third-order valence-electron chi connectivity index (χ3n) is 3.84. The highest BCUT2D eigenvalue weighted by atomic mass is 15.3. The van der Waals surface area contributed by atoms with Crippen LogP contribution >= 0.6 is 0 Å². The van der Waals surface area contributed by atoms with Crippen LogP contribution in [-0.4, -0.2) is 56.7 Å². The van der Waals surface area contributed by atoms with Gasteiger partial charge in [-0.2, -0.15) is 0 Å². The van der Waals surface area contributed by atoms with Crippen LogP contribution in [0.1, 0.15) is 6.42 Å². The summed E-state index contributed by atoms with van der Waals surface area (Å²) in [6, 6.07) is 10.6. The van der Waals surface area contributed by atoms with Crippen molar-refractivity contribution in [2.24, 2.45) is 10.7 Å². The third-order valence-corrected chi connectivity index (χ3v) is 3.84. The molecule has 1 aromatic rings. The molecule has 0 aliphatic carbocycles. The molecule has 2 rings (SSSR count). The maximum Gasteiger partial charge on any atom is 0.188 e. The number of hydrogen-bond donors (Lipinski definition) is 2. The Morgan fingerprint density at radius 3 is 2.64 bits per heavy atom. The first-order valence-electron chi connectivity index (χ1n) is 7.96. The molecule has 120 valence electrons. The molecule has 5 heteroatoms. The van der Waals surface area contributed by atoms with Gasteiger partial charge in [0.2, 0.25) is 0 Å². The van der Waals surface area contributed by atoms with E-state index in [9.17, 15) is 0 Å². The minimum Gasteiger partial charge on any atom is -0.370 e. The van der Waals surface area contributed by atoms with Crippen LogP contribution < -0.4 is 16.0 Å². The van der Waals surface area contributed by atoms with Crippen molar-refractivity contribution in [1.82, 2.24) is 10.2 Å². The van der Waals surface area contributed by atoms with E-state index in [2.05, 4.69) is 57.0 Å². The average Bonchev–Trinajstić information content (AvgIpc) is 2.58. The number of guanidine groups is 1. The Labute approximate surface area is 133 Å².